The van der Waals surface area contributed by atoms with Crippen molar-refractivity contribution in [1.29, 1.82) is 0 Å². The zero-order valence-electron chi connectivity index (χ0n) is 12.0. The summed E-state index contributed by atoms with van der Waals surface area (Å²) in [6, 6.07) is 6.51. The molecule has 0 spiro atoms. The number of nitrogens with one attached hydrogen (secondary N) is 1. The third-order valence-electron chi connectivity index (χ3n) is 3.93. The van der Waals surface area contributed by atoms with Gasteiger partial charge in [-0.25, -0.2) is 0 Å². The molecule has 1 aromatic rings. The molecule has 0 aromatic heterocycles. The van der Waals surface area contributed by atoms with Crippen LogP contribution in [0.3, 0.4) is 0 Å². The Balaban J connectivity index is 1.98. The van der Waals surface area contributed by atoms with Crippen molar-refractivity contribution in [3.8, 4) is 5.75 Å². The summed E-state index contributed by atoms with van der Waals surface area (Å²) in [6.07, 6.45) is 2.58. The van der Waals surface area contributed by atoms with Crippen molar-refractivity contribution in [1.82, 2.24) is 5.32 Å². The molecule has 1 aromatic carbocycles. The summed E-state index contributed by atoms with van der Waals surface area (Å²) in [5.41, 5.74) is 2.71. The second-order valence-electron chi connectivity index (χ2n) is 5.85. The molecule has 18 heavy (non-hydrogen) atoms. The van der Waals surface area contributed by atoms with Crippen LogP contribution in [0.1, 0.15) is 31.4 Å². The van der Waals surface area contributed by atoms with E-state index in [-0.39, 0.29) is 0 Å². The normalized spacial score (nSPS) is 19.7. The number of aryl methyl sites for hydroxylation is 1. The Labute approximate surface area is 111 Å². The van der Waals surface area contributed by atoms with Gasteiger partial charge >= 0.3 is 0 Å². The number of rotatable bonds is 5. The molecule has 100 valence electrons. The maximum absolute atomic E-state index is 6.06. The standard InChI is InChI=1S/C16H25NO/c1-11(2)14(10-17-4)9-15-8-13-7-12(3)5-6-16(13)18-15/h5-7,11,14-15,17H,8-10H2,1-4H3. The summed E-state index contributed by atoms with van der Waals surface area (Å²) >= 11 is 0. The molecule has 0 saturated carbocycles. The summed E-state index contributed by atoms with van der Waals surface area (Å²) in [6.45, 7) is 7.82. The number of fused-ring (bicyclic) bond motifs is 1. The quantitative estimate of drug-likeness (QED) is 0.863. The van der Waals surface area contributed by atoms with E-state index >= 15 is 0 Å². The van der Waals surface area contributed by atoms with Gasteiger partial charge in [0.1, 0.15) is 11.9 Å². The van der Waals surface area contributed by atoms with Crippen LogP contribution in [0.5, 0.6) is 5.75 Å². The molecule has 0 amide bonds. The van der Waals surface area contributed by atoms with Gasteiger partial charge in [-0.1, -0.05) is 31.5 Å². The predicted molar refractivity (Wildman–Crippen MR) is 76.2 cm³/mol. The van der Waals surface area contributed by atoms with E-state index in [1.54, 1.807) is 0 Å². The monoisotopic (exact) mass is 247 g/mol. The molecule has 2 atom stereocenters. The minimum atomic E-state index is 0.363. The minimum absolute atomic E-state index is 0.363. The third-order valence-corrected chi connectivity index (χ3v) is 3.93. The van der Waals surface area contributed by atoms with Gasteiger partial charge in [-0.3, -0.25) is 0 Å². The highest BCUT2D eigenvalue weighted by Crippen LogP contribution is 2.32. The first-order valence-electron chi connectivity index (χ1n) is 7.01. The highest BCUT2D eigenvalue weighted by molar-refractivity contribution is 5.40. The molecule has 0 aliphatic carbocycles. The third kappa shape index (κ3) is 3.05. The van der Waals surface area contributed by atoms with E-state index in [2.05, 4.69) is 44.3 Å². The molecule has 1 heterocycles. The first-order valence-corrected chi connectivity index (χ1v) is 7.01. The van der Waals surface area contributed by atoms with Crippen molar-refractivity contribution in [2.45, 2.75) is 39.7 Å². The van der Waals surface area contributed by atoms with Gasteiger partial charge in [0.15, 0.2) is 0 Å². The average molecular weight is 247 g/mol. The summed E-state index contributed by atoms with van der Waals surface area (Å²) in [5.74, 6) is 2.49. The van der Waals surface area contributed by atoms with Crippen molar-refractivity contribution in [3.05, 3.63) is 29.3 Å². The van der Waals surface area contributed by atoms with Crippen LogP contribution in [0.15, 0.2) is 18.2 Å². The topological polar surface area (TPSA) is 21.3 Å². The van der Waals surface area contributed by atoms with Crippen LogP contribution in [0.25, 0.3) is 0 Å². The van der Waals surface area contributed by atoms with E-state index in [0.29, 0.717) is 17.9 Å². The summed E-state index contributed by atoms with van der Waals surface area (Å²) in [5, 5.41) is 3.30. The highest BCUT2D eigenvalue weighted by atomic mass is 16.5. The molecular formula is C16H25NO. The summed E-state index contributed by atoms with van der Waals surface area (Å²) in [4.78, 5) is 0. The number of hydrogen-bond donors (Lipinski definition) is 1. The van der Waals surface area contributed by atoms with Gasteiger partial charge in [0.05, 0.1) is 0 Å². The van der Waals surface area contributed by atoms with Crippen LogP contribution in [-0.4, -0.2) is 19.7 Å². The summed E-state index contributed by atoms with van der Waals surface area (Å²) < 4.78 is 6.06. The maximum Gasteiger partial charge on any atom is 0.123 e. The molecule has 2 nitrogen and oxygen atoms in total. The van der Waals surface area contributed by atoms with Crippen molar-refractivity contribution in [2.75, 3.05) is 13.6 Å². The number of hydrogen-bond acceptors (Lipinski definition) is 2. The van der Waals surface area contributed by atoms with Gasteiger partial charge < -0.3 is 10.1 Å². The van der Waals surface area contributed by atoms with Crippen LogP contribution >= 0.6 is 0 Å². The lowest BCUT2D eigenvalue weighted by atomic mass is 9.89. The van der Waals surface area contributed by atoms with Crippen LogP contribution in [0.2, 0.25) is 0 Å². The Bertz CT molecular complexity index is 400. The van der Waals surface area contributed by atoms with Crippen molar-refractivity contribution in [2.24, 2.45) is 11.8 Å². The molecule has 0 saturated heterocycles. The molecule has 1 aliphatic rings. The summed E-state index contributed by atoms with van der Waals surface area (Å²) in [7, 11) is 2.03. The smallest absolute Gasteiger partial charge is 0.123 e. The fraction of sp³-hybridized carbons (Fsp3) is 0.625. The molecule has 1 aliphatic heterocycles. The van der Waals surface area contributed by atoms with Gasteiger partial charge in [-0.05, 0) is 50.4 Å². The van der Waals surface area contributed by atoms with Crippen LogP contribution < -0.4 is 10.1 Å². The number of ether oxygens (including phenoxy) is 1. The minimum Gasteiger partial charge on any atom is -0.490 e. The maximum atomic E-state index is 6.06. The van der Waals surface area contributed by atoms with Crippen molar-refractivity contribution in [3.63, 3.8) is 0 Å². The Hall–Kier alpha value is -1.02. The lowest BCUT2D eigenvalue weighted by molar-refractivity contribution is 0.174. The van der Waals surface area contributed by atoms with E-state index in [4.69, 9.17) is 4.74 Å². The zero-order valence-corrected chi connectivity index (χ0v) is 12.0. The molecule has 0 bridgehead atoms. The Morgan fingerprint density at radius 2 is 2.17 bits per heavy atom. The Morgan fingerprint density at radius 1 is 1.39 bits per heavy atom. The van der Waals surface area contributed by atoms with Gasteiger partial charge in [0.2, 0.25) is 0 Å². The van der Waals surface area contributed by atoms with E-state index in [1.165, 1.54) is 11.1 Å². The molecule has 2 rings (SSSR count). The SMILES string of the molecule is CNCC(CC1Cc2cc(C)ccc2O1)C(C)C. The van der Waals surface area contributed by atoms with Gasteiger partial charge in [0.25, 0.3) is 0 Å². The second-order valence-corrected chi connectivity index (χ2v) is 5.85. The van der Waals surface area contributed by atoms with E-state index in [9.17, 15) is 0 Å². The van der Waals surface area contributed by atoms with Crippen LogP contribution in [-0.2, 0) is 6.42 Å². The van der Waals surface area contributed by atoms with Crippen LogP contribution in [0, 0.1) is 18.8 Å². The molecule has 0 radical (unpaired) electrons. The molecular weight excluding hydrogens is 222 g/mol. The molecule has 1 N–H and O–H groups in total. The first kappa shape index (κ1) is 13.4. The molecule has 2 heteroatoms. The van der Waals surface area contributed by atoms with Crippen molar-refractivity contribution < 1.29 is 4.74 Å². The zero-order chi connectivity index (χ0) is 13.1. The van der Waals surface area contributed by atoms with Gasteiger partial charge in [-0.2, -0.15) is 0 Å². The average Bonchev–Trinajstić information content (AvgIpc) is 2.69. The van der Waals surface area contributed by atoms with Crippen molar-refractivity contribution >= 4 is 0 Å². The number of benzene rings is 1. The lowest BCUT2D eigenvalue weighted by Gasteiger charge is -2.23. The largest absolute Gasteiger partial charge is 0.490 e. The molecule has 2 unspecified atom stereocenters. The Kier molecular flexibility index (Phi) is 4.28. The van der Waals surface area contributed by atoms with E-state index in [1.807, 2.05) is 7.05 Å². The fourth-order valence-corrected chi connectivity index (χ4v) is 2.77. The fourth-order valence-electron chi connectivity index (χ4n) is 2.77. The van der Waals surface area contributed by atoms with Crippen LogP contribution in [0.4, 0.5) is 0 Å². The lowest BCUT2D eigenvalue weighted by Crippen LogP contribution is -2.28. The van der Waals surface area contributed by atoms with E-state index in [0.717, 1.165) is 25.1 Å². The van der Waals surface area contributed by atoms with E-state index < -0.39 is 0 Å². The van der Waals surface area contributed by atoms with Gasteiger partial charge in [0, 0.05) is 6.42 Å². The molecule has 0 fully saturated rings. The predicted octanol–water partition coefficient (Wildman–Crippen LogP) is 3.18. The van der Waals surface area contributed by atoms with Gasteiger partial charge in [-0.15, -0.1) is 0 Å². The highest BCUT2D eigenvalue weighted by Gasteiger charge is 2.26. The Morgan fingerprint density at radius 3 is 2.83 bits per heavy atom. The first-order chi connectivity index (χ1) is 8.60. The second kappa shape index (κ2) is 5.75.